The Kier molecular flexibility index (Phi) is 6.53. The summed E-state index contributed by atoms with van der Waals surface area (Å²) in [5.74, 6) is -0.187. The van der Waals surface area contributed by atoms with Gasteiger partial charge in [-0.15, -0.1) is 13.2 Å². The van der Waals surface area contributed by atoms with E-state index in [-0.39, 0.29) is 18.1 Å². The lowest BCUT2D eigenvalue weighted by Crippen LogP contribution is -2.31. The molecule has 0 aliphatic carbocycles. The first-order chi connectivity index (χ1) is 16.4. The number of allylic oxidation sites excluding steroid dienone is 3. The zero-order valence-electron chi connectivity index (χ0n) is 19.0. The summed E-state index contributed by atoms with van der Waals surface area (Å²) in [6.07, 6.45) is -0.526. The Balaban J connectivity index is 1.66. The van der Waals surface area contributed by atoms with Crippen LogP contribution in [-0.4, -0.2) is 28.6 Å². The van der Waals surface area contributed by atoms with E-state index in [0.717, 1.165) is 29.2 Å². The van der Waals surface area contributed by atoms with Gasteiger partial charge in [0.2, 0.25) is 5.71 Å². The van der Waals surface area contributed by atoms with Crippen LogP contribution in [0, 0.1) is 5.92 Å². The fourth-order valence-corrected chi connectivity index (χ4v) is 4.13. The second-order valence-electron chi connectivity index (χ2n) is 8.53. The van der Waals surface area contributed by atoms with Gasteiger partial charge in [-0.3, -0.25) is 0 Å². The largest absolute Gasteiger partial charge is 0.573 e. The van der Waals surface area contributed by atoms with Crippen molar-refractivity contribution >= 4 is 11.4 Å². The molecule has 1 atom stereocenters. The number of nitrogens with zero attached hydrogens (tertiary/aromatic N) is 2. The minimum Gasteiger partial charge on any atom is -0.406 e. The van der Waals surface area contributed by atoms with E-state index in [1.165, 1.54) is 18.2 Å². The van der Waals surface area contributed by atoms with Crippen molar-refractivity contribution in [3.05, 3.63) is 95.5 Å². The van der Waals surface area contributed by atoms with Crippen LogP contribution in [0.4, 0.5) is 26.3 Å². The van der Waals surface area contributed by atoms with Gasteiger partial charge >= 0.3 is 12.5 Å². The van der Waals surface area contributed by atoms with Crippen LogP contribution in [0.15, 0.2) is 78.8 Å². The van der Waals surface area contributed by atoms with Crippen LogP contribution < -0.4 is 4.74 Å². The Hall–Kier alpha value is -3.49. The van der Waals surface area contributed by atoms with Crippen LogP contribution in [0.3, 0.4) is 0 Å². The van der Waals surface area contributed by atoms with Crippen molar-refractivity contribution in [1.29, 1.82) is 0 Å². The molecule has 4 rings (SSSR count). The Labute approximate surface area is 198 Å². The molecule has 0 bridgehead atoms. The van der Waals surface area contributed by atoms with Crippen LogP contribution in [0.2, 0.25) is 0 Å². The van der Waals surface area contributed by atoms with Gasteiger partial charge in [0.1, 0.15) is 18.5 Å². The smallest absolute Gasteiger partial charge is 0.406 e. The van der Waals surface area contributed by atoms with E-state index in [0.29, 0.717) is 17.5 Å². The number of hydrogen-bond acceptors (Lipinski definition) is 2. The molecule has 2 aliphatic rings. The third-order valence-electron chi connectivity index (χ3n) is 5.81. The Morgan fingerprint density at radius 2 is 1.71 bits per heavy atom. The number of alkyl halides is 6. The topological polar surface area (TPSA) is 15.5 Å². The molecule has 0 spiro atoms. The summed E-state index contributed by atoms with van der Waals surface area (Å²) in [5.41, 5.74) is 2.90. The minimum absolute atomic E-state index is 0.128. The molecule has 0 fully saturated rings. The molecule has 35 heavy (non-hydrogen) atoms. The summed E-state index contributed by atoms with van der Waals surface area (Å²) < 4.78 is 83.1. The van der Waals surface area contributed by atoms with Crippen LogP contribution >= 0.6 is 0 Å². The highest BCUT2D eigenvalue weighted by Gasteiger charge is 2.33. The van der Waals surface area contributed by atoms with Crippen molar-refractivity contribution in [2.75, 3.05) is 7.05 Å². The molecular formula is C26H23F6N2O+. The molecule has 184 valence electrons. The monoisotopic (exact) mass is 493 g/mol. The summed E-state index contributed by atoms with van der Waals surface area (Å²) in [5, 5.41) is 0. The number of fused-ring (bicyclic) bond motifs is 1. The van der Waals surface area contributed by atoms with Gasteiger partial charge in [-0.2, -0.15) is 13.2 Å². The lowest BCUT2D eigenvalue weighted by molar-refractivity contribution is -0.425. The van der Waals surface area contributed by atoms with Crippen molar-refractivity contribution in [1.82, 2.24) is 4.90 Å². The molecule has 9 heteroatoms. The van der Waals surface area contributed by atoms with E-state index < -0.39 is 18.1 Å². The molecule has 2 aromatic rings. The Morgan fingerprint density at radius 1 is 1.00 bits per heavy atom. The molecule has 1 unspecified atom stereocenters. The molecule has 2 heterocycles. The highest BCUT2D eigenvalue weighted by atomic mass is 19.4. The average Bonchev–Trinajstić information content (AvgIpc) is 2.94. The third-order valence-corrected chi connectivity index (χ3v) is 5.81. The van der Waals surface area contributed by atoms with E-state index >= 15 is 0 Å². The first kappa shape index (κ1) is 24.6. The SMILES string of the molecule is CC1C=C(c2ccc(OC(F)(F)F)cc2)N2C=C[N+](C)=C(Cc3cccc(C(F)(F)F)c3)C2=CC1. The zero-order valence-corrected chi connectivity index (χ0v) is 19.0. The predicted octanol–water partition coefficient (Wildman–Crippen LogP) is 6.98. The fourth-order valence-electron chi connectivity index (χ4n) is 4.13. The van der Waals surface area contributed by atoms with Crippen LogP contribution in [0.25, 0.3) is 5.70 Å². The molecule has 0 N–H and O–H groups in total. The van der Waals surface area contributed by atoms with Crippen molar-refractivity contribution in [3.8, 4) is 5.75 Å². The normalized spacial score (nSPS) is 18.6. The predicted molar refractivity (Wildman–Crippen MR) is 120 cm³/mol. The Bertz CT molecular complexity index is 1220. The van der Waals surface area contributed by atoms with Crippen LogP contribution in [0.1, 0.15) is 30.0 Å². The molecule has 0 radical (unpaired) electrons. The van der Waals surface area contributed by atoms with Crippen molar-refractivity contribution in [2.24, 2.45) is 5.92 Å². The summed E-state index contributed by atoms with van der Waals surface area (Å²) in [6, 6.07) is 10.9. The van der Waals surface area contributed by atoms with Gasteiger partial charge in [-0.05, 0) is 53.8 Å². The van der Waals surface area contributed by atoms with Crippen LogP contribution in [-0.2, 0) is 12.6 Å². The summed E-state index contributed by atoms with van der Waals surface area (Å²) in [7, 11) is 1.83. The first-order valence-corrected chi connectivity index (χ1v) is 10.9. The maximum absolute atomic E-state index is 13.2. The molecular weight excluding hydrogens is 470 g/mol. The van der Waals surface area contributed by atoms with Crippen molar-refractivity contribution in [3.63, 3.8) is 0 Å². The van der Waals surface area contributed by atoms with Gasteiger partial charge < -0.3 is 9.64 Å². The van der Waals surface area contributed by atoms with E-state index in [9.17, 15) is 26.3 Å². The van der Waals surface area contributed by atoms with E-state index in [2.05, 4.69) is 4.74 Å². The highest BCUT2D eigenvalue weighted by Crippen LogP contribution is 2.35. The maximum Gasteiger partial charge on any atom is 0.573 e. The average molecular weight is 493 g/mol. The maximum atomic E-state index is 13.2. The van der Waals surface area contributed by atoms with Crippen molar-refractivity contribution < 1.29 is 35.7 Å². The molecule has 2 aliphatic heterocycles. The molecule has 3 nitrogen and oxygen atoms in total. The lowest BCUT2D eigenvalue weighted by Gasteiger charge is -2.27. The van der Waals surface area contributed by atoms with Gasteiger partial charge in [-0.25, -0.2) is 4.58 Å². The van der Waals surface area contributed by atoms with Gasteiger partial charge in [0.05, 0.1) is 18.2 Å². The Morgan fingerprint density at radius 3 is 2.37 bits per heavy atom. The third kappa shape index (κ3) is 5.78. The lowest BCUT2D eigenvalue weighted by atomic mass is 10.0. The second-order valence-corrected chi connectivity index (χ2v) is 8.53. The fraction of sp³-hybridized carbons (Fsp3) is 0.269. The molecule has 2 aromatic carbocycles. The number of halogens is 6. The standard InChI is InChI=1S/C26H23F6N2O/c1-17-6-11-22-24(16-18-4-3-5-20(15-18)25(27,28)29)33(2)12-13-34(22)23(14-17)19-7-9-21(10-8-19)35-26(30,31)32/h3-5,7-15,17H,6,16H2,1-2H3/q+1. The first-order valence-electron chi connectivity index (χ1n) is 10.9. The molecule has 0 saturated heterocycles. The number of rotatable bonds is 4. The second kappa shape index (κ2) is 9.28. The van der Waals surface area contributed by atoms with Gasteiger partial charge in [0.25, 0.3) is 0 Å². The molecule has 0 amide bonds. The molecule has 0 aromatic heterocycles. The quantitative estimate of drug-likeness (QED) is 0.337. The summed E-state index contributed by atoms with van der Waals surface area (Å²) in [4.78, 5) is 1.92. The van der Waals surface area contributed by atoms with E-state index in [1.807, 2.05) is 48.0 Å². The van der Waals surface area contributed by atoms with Gasteiger partial charge in [0.15, 0.2) is 6.20 Å². The minimum atomic E-state index is -4.78. The molecule has 0 saturated carbocycles. The van der Waals surface area contributed by atoms with E-state index in [4.69, 9.17) is 0 Å². The van der Waals surface area contributed by atoms with Crippen LogP contribution in [0.5, 0.6) is 5.75 Å². The summed E-state index contributed by atoms with van der Waals surface area (Å²) in [6.45, 7) is 2.02. The summed E-state index contributed by atoms with van der Waals surface area (Å²) >= 11 is 0. The van der Waals surface area contributed by atoms with Gasteiger partial charge in [-0.1, -0.05) is 37.3 Å². The zero-order chi connectivity index (χ0) is 25.4. The highest BCUT2D eigenvalue weighted by molar-refractivity contribution is 6.00. The van der Waals surface area contributed by atoms with E-state index in [1.54, 1.807) is 18.2 Å². The number of hydrogen-bond donors (Lipinski definition) is 0. The number of benzene rings is 2. The number of ether oxygens (including phenoxy) is 1. The van der Waals surface area contributed by atoms with Gasteiger partial charge in [0, 0.05) is 5.70 Å². The van der Waals surface area contributed by atoms with Crippen molar-refractivity contribution in [2.45, 2.75) is 32.3 Å².